The number of hydrogen-bond donors (Lipinski definition) is 0. The maximum absolute atomic E-state index is 11.6. The first kappa shape index (κ1) is 11.5. The fraction of sp³-hybridized carbons (Fsp3) is 0.833. The predicted octanol–water partition coefficient (Wildman–Crippen LogP) is 2.32. The zero-order valence-electron chi connectivity index (χ0n) is 7.16. The third-order valence-electron chi connectivity index (χ3n) is 0.765. The van der Waals surface area contributed by atoms with Gasteiger partial charge in [-0.1, -0.05) is 0 Å². The Labute approximate surface area is 69.8 Å². The quantitative estimate of drug-likeness (QED) is 0.639. The molecule has 0 atom stereocenters. The standard InChI is InChI=1S/C6H11F3O2Si/c1-12(2,3)11-5(10)4-6(7,8)9/h4H2,1-3H3. The van der Waals surface area contributed by atoms with Gasteiger partial charge < -0.3 is 4.43 Å². The fourth-order valence-electron chi connectivity index (χ4n) is 0.541. The SMILES string of the molecule is C[Si](C)(C)OC(=O)CC(F)(F)F. The summed E-state index contributed by atoms with van der Waals surface area (Å²) in [5.41, 5.74) is 0. The van der Waals surface area contributed by atoms with E-state index in [1.807, 2.05) is 0 Å². The number of alkyl halides is 3. The van der Waals surface area contributed by atoms with Gasteiger partial charge in [-0.25, -0.2) is 0 Å². The van der Waals surface area contributed by atoms with Crippen LogP contribution >= 0.6 is 0 Å². The third kappa shape index (κ3) is 7.58. The Hall–Kier alpha value is -0.523. The highest BCUT2D eigenvalue weighted by Crippen LogP contribution is 2.20. The molecule has 72 valence electrons. The van der Waals surface area contributed by atoms with Crippen LogP contribution in [0.4, 0.5) is 13.2 Å². The van der Waals surface area contributed by atoms with E-state index >= 15 is 0 Å². The minimum Gasteiger partial charge on any atom is -0.520 e. The van der Waals surface area contributed by atoms with Gasteiger partial charge in [0.1, 0.15) is 6.42 Å². The molecule has 0 aromatic rings. The van der Waals surface area contributed by atoms with E-state index in [0.29, 0.717) is 0 Å². The van der Waals surface area contributed by atoms with Gasteiger partial charge in [0, 0.05) is 0 Å². The van der Waals surface area contributed by atoms with Crippen molar-refractivity contribution in [2.24, 2.45) is 0 Å². The molecule has 2 nitrogen and oxygen atoms in total. The lowest BCUT2D eigenvalue weighted by Crippen LogP contribution is -2.31. The molecule has 0 aliphatic carbocycles. The highest BCUT2D eigenvalue weighted by Gasteiger charge is 2.34. The Kier molecular flexibility index (Phi) is 3.31. The number of carbonyl (C=O) groups excluding carboxylic acids is 1. The summed E-state index contributed by atoms with van der Waals surface area (Å²) in [6.07, 6.45) is -5.95. The summed E-state index contributed by atoms with van der Waals surface area (Å²) in [6.45, 7) is 4.96. The van der Waals surface area contributed by atoms with E-state index in [1.165, 1.54) is 0 Å². The zero-order chi connectivity index (χ0) is 9.99. The lowest BCUT2D eigenvalue weighted by molar-refractivity contribution is -0.164. The molecule has 0 saturated heterocycles. The van der Waals surface area contributed by atoms with Gasteiger partial charge in [0.2, 0.25) is 8.32 Å². The number of rotatable bonds is 2. The maximum atomic E-state index is 11.6. The van der Waals surface area contributed by atoms with E-state index in [4.69, 9.17) is 0 Å². The van der Waals surface area contributed by atoms with E-state index in [-0.39, 0.29) is 0 Å². The minimum absolute atomic E-state index is 1.18. The van der Waals surface area contributed by atoms with Crippen molar-refractivity contribution in [2.45, 2.75) is 32.2 Å². The van der Waals surface area contributed by atoms with Gasteiger partial charge in [-0.2, -0.15) is 13.2 Å². The van der Waals surface area contributed by atoms with Gasteiger partial charge in [0.25, 0.3) is 0 Å². The van der Waals surface area contributed by atoms with Gasteiger partial charge in [0.15, 0.2) is 0 Å². The van der Waals surface area contributed by atoms with Crippen LogP contribution < -0.4 is 0 Å². The van der Waals surface area contributed by atoms with Crippen molar-refractivity contribution >= 4 is 14.3 Å². The smallest absolute Gasteiger partial charge is 0.399 e. The lowest BCUT2D eigenvalue weighted by atomic mass is 10.4. The summed E-state index contributed by atoms with van der Waals surface area (Å²) < 4.78 is 39.4. The van der Waals surface area contributed by atoms with Crippen molar-refractivity contribution < 1.29 is 22.4 Å². The Morgan fingerprint density at radius 2 is 1.75 bits per heavy atom. The van der Waals surface area contributed by atoms with E-state index in [2.05, 4.69) is 4.43 Å². The monoisotopic (exact) mass is 200 g/mol. The molecule has 0 aliphatic rings. The largest absolute Gasteiger partial charge is 0.520 e. The first-order valence-corrected chi connectivity index (χ1v) is 6.79. The topological polar surface area (TPSA) is 26.3 Å². The van der Waals surface area contributed by atoms with Crippen LogP contribution in [0.25, 0.3) is 0 Å². The van der Waals surface area contributed by atoms with Crippen LogP contribution in [0.2, 0.25) is 19.6 Å². The second kappa shape index (κ2) is 3.47. The Bertz CT molecular complexity index is 153. The minimum atomic E-state index is -4.46. The molecule has 0 amide bonds. The van der Waals surface area contributed by atoms with Crippen LogP contribution in [0.1, 0.15) is 6.42 Å². The van der Waals surface area contributed by atoms with Crippen LogP contribution in [-0.2, 0) is 9.22 Å². The molecule has 0 bridgehead atoms. The Morgan fingerprint density at radius 3 is 2.00 bits per heavy atom. The average Bonchev–Trinajstić information content (AvgIpc) is 1.49. The van der Waals surface area contributed by atoms with Crippen molar-refractivity contribution in [2.75, 3.05) is 0 Å². The van der Waals surface area contributed by atoms with Crippen LogP contribution in [0.15, 0.2) is 0 Å². The molecular weight excluding hydrogens is 189 g/mol. The molecule has 0 heterocycles. The average molecular weight is 200 g/mol. The van der Waals surface area contributed by atoms with Crippen molar-refractivity contribution in [3.63, 3.8) is 0 Å². The zero-order valence-corrected chi connectivity index (χ0v) is 8.16. The van der Waals surface area contributed by atoms with Crippen molar-refractivity contribution in [1.82, 2.24) is 0 Å². The van der Waals surface area contributed by atoms with Gasteiger partial charge >= 0.3 is 12.1 Å². The van der Waals surface area contributed by atoms with E-state index < -0.39 is 26.9 Å². The third-order valence-corrected chi connectivity index (χ3v) is 1.60. The summed E-state index contributed by atoms with van der Waals surface area (Å²) in [7, 11) is -2.17. The second-order valence-corrected chi connectivity index (χ2v) is 7.81. The molecule has 0 rings (SSSR count). The Morgan fingerprint density at radius 1 is 1.33 bits per heavy atom. The van der Waals surface area contributed by atoms with Crippen LogP contribution in [0, 0.1) is 0 Å². The van der Waals surface area contributed by atoms with Gasteiger partial charge in [-0.3, -0.25) is 4.79 Å². The molecule has 0 aromatic heterocycles. The van der Waals surface area contributed by atoms with Gasteiger partial charge in [-0.05, 0) is 19.6 Å². The van der Waals surface area contributed by atoms with E-state index in [9.17, 15) is 18.0 Å². The molecule has 0 spiro atoms. The van der Waals surface area contributed by atoms with Crippen molar-refractivity contribution in [1.29, 1.82) is 0 Å². The van der Waals surface area contributed by atoms with Gasteiger partial charge in [0.05, 0.1) is 0 Å². The first-order chi connectivity index (χ1) is 5.10. The van der Waals surface area contributed by atoms with Crippen LogP contribution in [0.5, 0.6) is 0 Å². The molecule has 6 heteroatoms. The molecular formula is C6H11F3O2Si. The van der Waals surface area contributed by atoms with Gasteiger partial charge in [-0.15, -0.1) is 0 Å². The molecule has 0 fully saturated rings. The van der Waals surface area contributed by atoms with Crippen LogP contribution in [0.3, 0.4) is 0 Å². The van der Waals surface area contributed by atoms with E-state index in [1.54, 1.807) is 19.6 Å². The van der Waals surface area contributed by atoms with Crippen molar-refractivity contribution in [3.8, 4) is 0 Å². The van der Waals surface area contributed by atoms with E-state index in [0.717, 1.165) is 0 Å². The number of hydrogen-bond acceptors (Lipinski definition) is 2. The molecule has 12 heavy (non-hydrogen) atoms. The summed E-state index contributed by atoms with van der Waals surface area (Å²) in [5.74, 6) is -1.18. The summed E-state index contributed by atoms with van der Waals surface area (Å²) in [5, 5.41) is 0. The number of halogens is 3. The molecule has 0 N–H and O–H groups in total. The molecule has 0 aliphatic heterocycles. The lowest BCUT2D eigenvalue weighted by Gasteiger charge is -2.17. The molecule has 0 aromatic carbocycles. The molecule has 0 unspecified atom stereocenters. The van der Waals surface area contributed by atoms with Crippen LogP contribution in [-0.4, -0.2) is 20.5 Å². The highest BCUT2D eigenvalue weighted by atomic mass is 28.4. The maximum Gasteiger partial charge on any atom is 0.399 e. The highest BCUT2D eigenvalue weighted by molar-refractivity contribution is 6.71. The fourth-order valence-corrected chi connectivity index (χ4v) is 1.30. The predicted molar refractivity (Wildman–Crippen MR) is 40.1 cm³/mol. The molecule has 0 radical (unpaired) electrons. The first-order valence-electron chi connectivity index (χ1n) is 3.39. The summed E-state index contributed by atoms with van der Waals surface area (Å²) in [6, 6.07) is 0. The van der Waals surface area contributed by atoms with Crippen molar-refractivity contribution in [3.05, 3.63) is 0 Å². The number of carbonyl (C=O) groups is 1. The second-order valence-electron chi connectivity index (χ2n) is 3.38. The summed E-state index contributed by atoms with van der Waals surface area (Å²) >= 11 is 0. The normalized spacial score (nSPS) is 12.8. The Balaban J connectivity index is 3.92. The molecule has 0 saturated carbocycles. The summed E-state index contributed by atoms with van der Waals surface area (Å²) in [4.78, 5) is 10.6.